The van der Waals surface area contributed by atoms with Gasteiger partial charge in [-0.15, -0.1) is 0 Å². The molecule has 10 aromatic rings. The standard InChI is InChI=1S/C55H38N2O/c1-55(2)48-19-11-9-17-44(48)46-32-39(25-27-49(46)55)35-21-23-36(24-22-35)41-29-42(40-26-28-53-47(33-40)45-18-10-12-20-52(45)58-53)31-43(30-41)51-34-50(37-13-5-3-6-14-37)56-54(57-51)38-15-7-4-8-16-38/h3-34H,1-2H3. The summed E-state index contributed by atoms with van der Waals surface area (Å²) < 4.78 is 6.22. The SMILES string of the molecule is CC1(C)c2ccccc2-c2cc(-c3ccc(-c4cc(-c5ccc6oc7ccccc7c6c5)cc(-c5cc(-c6ccccc6)nc(-c6ccccc6)n5)c4)cc3)ccc21. The number of fused-ring (bicyclic) bond motifs is 6. The van der Waals surface area contributed by atoms with E-state index in [2.05, 4.69) is 172 Å². The molecule has 0 aliphatic heterocycles. The van der Waals surface area contributed by atoms with Gasteiger partial charge in [-0.2, -0.15) is 0 Å². The van der Waals surface area contributed by atoms with Crippen LogP contribution < -0.4 is 0 Å². The Hall–Kier alpha value is -7.36. The van der Waals surface area contributed by atoms with Gasteiger partial charge < -0.3 is 4.42 Å². The van der Waals surface area contributed by atoms with E-state index in [1.165, 1.54) is 33.4 Å². The maximum atomic E-state index is 6.22. The van der Waals surface area contributed by atoms with Crippen molar-refractivity contribution >= 4 is 21.9 Å². The van der Waals surface area contributed by atoms with Crippen molar-refractivity contribution in [1.29, 1.82) is 0 Å². The topological polar surface area (TPSA) is 38.9 Å². The first-order chi connectivity index (χ1) is 28.5. The van der Waals surface area contributed by atoms with Crippen molar-refractivity contribution in [2.75, 3.05) is 0 Å². The van der Waals surface area contributed by atoms with Gasteiger partial charge in [-0.1, -0.05) is 159 Å². The van der Waals surface area contributed by atoms with Crippen molar-refractivity contribution in [3.8, 4) is 78.4 Å². The molecule has 2 heterocycles. The van der Waals surface area contributed by atoms with Crippen LogP contribution in [-0.2, 0) is 5.41 Å². The molecule has 0 saturated carbocycles. The van der Waals surface area contributed by atoms with E-state index in [4.69, 9.17) is 14.4 Å². The smallest absolute Gasteiger partial charge is 0.160 e. The van der Waals surface area contributed by atoms with Crippen LogP contribution in [0.1, 0.15) is 25.0 Å². The van der Waals surface area contributed by atoms with Gasteiger partial charge in [0.1, 0.15) is 11.2 Å². The lowest BCUT2D eigenvalue weighted by Crippen LogP contribution is -2.14. The monoisotopic (exact) mass is 742 g/mol. The van der Waals surface area contributed by atoms with Crippen LogP contribution in [0.5, 0.6) is 0 Å². The highest BCUT2D eigenvalue weighted by molar-refractivity contribution is 6.06. The maximum Gasteiger partial charge on any atom is 0.160 e. The molecule has 0 N–H and O–H groups in total. The number of nitrogens with zero attached hydrogens (tertiary/aromatic N) is 2. The predicted octanol–water partition coefficient (Wildman–Crippen LogP) is 14.7. The highest BCUT2D eigenvalue weighted by Crippen LogP contribution is 2.49. The van der Waals surface area contributed by atoms with Crippen LogP contribution in [0.4, 0.5) is 0 Å². The summed E-state index contributed by atoms with van der Waals surface area (Å²) in [4.78, 5) is 10.3. The van der Waals surface area contributed by atoms with E-state index in [-0.39, 0.29) is 5.41 Å². The lowest BCUT2D eigenvalue weighted by Gasteiger charge is -2.21. The molecular formula is C55H38N2O. The summed E-state index contributed by atoms with van der Waals surface area (Å²) in [5.41, 5.74) is 18.9. The molecule has 1 aliphatic carbocycles. The van der Waals surface area contributed by atoms with E-state index < -0.39 is 0 Å². The molecule has 58 heavy (non-hydrogen) atoms. The average Bonchev–Trinajstić information content (AvgIpc) is 3.77. The number of rotatable bonds is 6. The van der Waals surface area contributed by atoms with E-state index in [1.807, 2.05) is 36.4 Å². The average molecular weight is 743 g/mol. The van der Waals surface area contributed by atoms with E-state index in [0.29, 0.717) is 5.82 Å². The van der Waals surface area contributed by atoms with Gasteiger partial charge in [0, 0.05) is 32.9 Å². The number of para-hydroxylation sites is 1. The van der Waals surface area contributed by atoms with Crippen LogP contribution in [-0.4, -0.2) is 9.97 Å². The van der Waals surface area contributed by atoms with Crippen LogP contribution in [0.3, 0.4) is 0 Å². The molecule has 0 saturated heterocycles. The fourth-order valence-corrected chi connectivity index (χ4v) is 8.84. The molecule has 0 spiro atoms. The molecule has 2 aromatic heterocycles. The largest absolute Gasteiger partial charge is 0.456 e. The van der Waals surface area contributed by atoms with Gasteiger partial charge in [0.2, 0.25) is 0 Å². The summed E-state index contributed by atoms with van der Waals surface area (Å²) in [5.74, 6) is 0.694. The van der Waals surface area contributed by atoms with Gasteiger partial charge in [-0.05, 0) is 104 Å². The van der Waals surface area contributed by atoms with E-state index in [0.717, 1.165) is 72.3 Å². The van der Waals surface area contributed by atoms with Crippen molar-refractivity contribution in [2.24, 2.45) is 0 Å². The zero-order valence-electron chi connectivity index (χ0n) is 32.3. The summed E-state index contributed by atoms with van der Waals surface area (Å²) in [5, 5.41) is 2.21. The lowest BCUT2D eigenvalue weighted by molar-refractivity contribution is 0.660. The van der Waals surface area contributed by atoms with Gasteiger partial charge in [0.05, 0.1) is 11.4 Å². The number of aromatic nitrogens is 2. The number of hydrogen-bond acceptors (Lipinski definition) is 3. The van der Waals surface area contributed by atoms with E-state index in [9.17, 15) is 0 Å². The van der Waals surface area contributed by atoms with E-state index >= 15 is 0 Å². The Bertz CT molecular complexity index is 3120. The Morgan fingerprint density at radius 3 is 1.66 bits per heavy atom. The van der Waals surface area contributed by atoms with Crippen LogP contribution in [0.15, 0.2) is 199 Å². The second-order valence-corrected chi connectivity index (χ2v) is 15.8. The molecule has 3 nitrogen and oxygen atoms in total. The Kier molecular flexibility index (Phi) is 7.84. The molecule has 8 aromatic carbocycles. The van der Waals surface area contributed by atoms with Crippen LogP contribution in [0.2, 0.25) is 0 Å². The van der Waals surface area contributed by atoms with Crippen molar-refractivity contribution in [3.05, 3.63) is 205 Å². The molecule has 0 unspecified atom stereocenters. The first kappa shape index (κ1) is 33.9. The third kappa shape index (κ3) is 5.74. The van der Waals surface area contributed by atoms with Gasteiger partial charge >= 0.3 is 0 Å². The number of hydrogen-bond donors (Lipinski definition) is 0. The summed E-state index contributed by atoms with van der Waals surface area (Å²) in [6.07, 6.45) is 0. The molecular weight excluding hydrogens is 705 g/mol. The summed E-state index contributed by atoms with van der Waals surface area (Å²) >= 11 is 0. The summed E-state index contributed by atoms with van der Waals surface area (Å²) in [7, 11) is 0. The van der Waals surface area contributed by atoms with Gasteiger partial charge in [0.15, 0.2) is 5.82 Å². The maximum absolute atomic E-state index is 6.22. The second kappa shape index (κ2) is 13.4. The minimum atomic E-state index is -0.0142. The van der Waals surface area contributed by atoms with Crippen molar-refractivity contribution < 1.29 is 4.42 Å². The van der Waals surface area contributed by atoms with Crippen molar-refractivity contribution in [2.45, 2.75) is 19.3 Å². The predicted molar refractivity (Wildman–Crippen MR) is 239 cm³/mol. The van der Waals surface area contributed by atoms with E-state index in [1.54, 1.807) is 0 Å². The molecule has 0 bridgehead atoms. The van der Waals surface area contributed by atoms with Crippen molar-refractivity contribution in [1.82, 2.24) is 9.97 Å². The summed E-state index contributed by atoms with van der Waals surface area (Å²) in [6.45, 7) is 4.66. The van der Waals surface area contributed by atoms with Crippen LogP contribution >= 0.6 is 0 Å². The molecule has 274 valence electrons. The van der Waals surface area contributed by atoms with Crippen molar-refractivity contribution in [3.63, 3.8) is 0 Å². The fraction of sp³-hybridized carbons (Fsp3) is 0.0545. The fourth-order valence-electron chi connectivity index (χ4n) is 8.84. The molecule has 1 aliphatic rings. The Labute approximate surface area is 338 Å². The quantitative estimate of drug-likeness (QED) is 0.170. The first-order valence-electron chi connectivity index (χ1n) is 19.9. The molecule has 0 amide bonds. The third-order valence-electron chi connectivity index (χ3n) is 11.9. The third-order valence-corrected chi connectivity index (χ3v) is 11.9. The Morgan fingerprint density at radius 2 is 0.879 bits per heavy atom. The molecule has 0 radical (unpaired) electrons. The zero-order valence-corrected chi connectivity index (χ0v) is 32.3. The highest BCUT2D eigenvalue weighted by atomic mass is 16.3. The Morgan fingerprint density at radius 1 is 0.345 bits per heavy atom. The molecule has 3 heteroatoms. The van der Waals surface area contributed by atoms with Gasteiger partial charge in [-0.3, -0.25) is 0 Å². The van der Waals surface area contributed by atoms with Gasteiger partial charge in [-0.25, -0.2) is 9.97 Å². The van der Waals surface area contributed by atoms with Crippen LogP contribution in [0.25, 0.3) is 100 Å². The summed E-state index contributed by atoms with van der Waals surface area (Å²) in [6, 6.07) is 69.1. The molecule has 0 atom stereocenters. The minimum Gasteiger partial charge on any atom is -0.456 e. The minimum absolute atomic E-state index is 0.0142. The highest BCUT2D eigenvalue weighted by Gasteiger charge is 2.35. The second-order valence-electron chi connectivity index (χ2n) is 15.8. The number of benzene rings is 8. The van der Waals surface area contributed by atoms with Crippen LogP contribution in [0, 0.1) is 0 Å². The number of furan rings is 1. The first-order valence-corrected chi connectivity index (χ1v) is 19.9. The molecule has 0 fully saturated rings. The zero-order chi connectivity index (χ0) is 38.8. The molecule has 11 rings (SSSR count). The van der Waals surface area contributed by atoms with Gasteiger partial charge in [0.25, 0.3) is 0 Å². The Balaban J connectivity index is 1.06. The normalized spacial score (nSPS) is 12.8. The lowest BCUT2D eigenvalue weighted by atomic mass is 9.82.